The summed E-state index contributed by atoms with van der Waals surface area (Å²) in [6.45, 7) is 5.19. The fraction of sp³-hybridized carbons (Fsp3) is 0.440. The first kappa shape index (κ1) is 21.2. The lowest BCUT2D eigenvalue weighted by Crippen LogP contribution is -2.51. The molecule has 2 fully saturated rings. The second-order valence-corrected chi connectivity index (χ2v) is 9.80. The zero-order valence-electron chi connectivity index (χ0n) is 18.5. The molecule has 0 unspecified atom stereocenters. The summed E-state index contributed by atoms with van der Waals surface area (Å²) in [5, 5.41) is 4.26. The van der Waals surface area contributed by atoms with Gasteiger partial charge < -0.3 is 19.7 Å². The predicted octanol–water partition coefficient (Wildman–Crippen LogP) is 4.91. The van der Waals surface area contributed by atoms with Crippen molar-refractivity contribution in [3.63, 3.8) is 0 Å². The highest BCUT2D eigenvalue weighted by molar-refractivity contribution is 7.20. The van der Waals surface area contributed by atoms with Crippen molar-refractivity contribution in [2.45, 2.75) is 57.7 Å². The van der Waals surface area contributed by atoms with E-state index < -0.39 is 0 Å². The second kappa shape index (κ2) is 9.08. The third-order valence-corrected chi connectivity index (χ3v) is 7.35. The number of piperidine rings is 1. The second-order valence-electron chi connectivity index (χ2n) is 8.81. The van der Waals surface area contributed by atoms with E-state index in [9.17, 15) is 4.79 Å². The van der Waals surface area contributed by atoms with Gasteiger partial charge >= 0.3 is 0 Å². The standard InChI is InChI=1S/C25H29N3O3S/c1-16-3-10-23-24(13-16)32-25(27-23)31-22-8-6-21(7-9-22)30-12-11-26-18-14-19-4-5-20(15-18)28(19)17(2)29/h3,6-10,13,18-20,26H,4-5,11-12,14-15H2,1-2H3/t19-,20-/m1/s1. The molecule has 2 saturated heterocycles. The fourth-order valence-corrected chi connectivity index (χ4v) is 5.98. The molecule has 6 nitrogen and oxygen atoms in total. The molecule has 2 aromatic carbocycles. The van der Waals surface area contributed by atoms with Gasteiger partial charge in [0, 0.05) is 31.6 Å². The predicted molar refractivity (Wildman–Crippen MR) is 127 cm³/mol. The molecule has 0 aliphatic carbocycles. The van der Waals surface area contributed by atoms with Crippen LogP contribution in [0.3, 0.4) is 0 Å². The Morgan fingerprint density at radius 2 is 1.84 bits per heavy atom. The number of thiazole rings is 1. The van der Waals surface area contributed by atoms with Gasteiger partial charge in [0.25, 0.3) is 5.19 Å². The highest BCUT2D eigenvalue weighted by Gasteiger charge is 2.41. The van der Waals surface area contributed by atoms with E-state index in [0.717, 1.165) is 53.9 Å². The molecule has 32 heavy (non-hydrogen) atoms. The van der Waals surface area contributed by atoms with Crippen LogP contribution in [0.25, 0.3) is 10.2 Å². The number of benzene rings is 2. The first-order valence-corrected chi connectivity index (χ1v) is 12.2. The molecule has 2 aliphatic heterocycles. The molecule has 7 heteroatoms. The molecule has 2 bridgehead atoms. The van der Waals surface area contributed by atoms with Crippen molar-refractivity contribution >= 4 is 27.5 Å². The Hall–Kier alpha value is -2.64. The number of nitrogens with zero attached hydrogens (tertiary/aromatic N) is 2. The third-order valence-electron chi connectivity index (χ3n) is 6.45. The normalized spacial score (nSPS) is 22.3. The summed E-state index contributed by atoms with van der Waals surface area (Å²) in [5.74, 6) is 1.80. The molecule has 3 aromatic rings. The molecule has 0 spiro atoms. The number of fused-ring (bicyclic) bond motifs is 3. The van der Waals surface area contributed by atoms with Crippen LogP contribution in [0.15, 0.2) is 42.5 Å². The van der Waals surface area contributed by atoms with E-state index in [-0.39, 0.29) is 5.91 Å². The number of carbonyl (C=O) groups excluding carboxylic acids is 1. The number of amides is 1. The summed E-state index contributed by atoms with van der Waals surface area (Å²) < 4.78 is 13.0. The van der Waals surface area contributed by atoms with E-state index in [1.165, 1.54) is 5.56 Å². The summed E-state index contributed by atoms with van der Waals surface area (Å²) in [5.41, 5.74) is 2.18. The van der Waals surface area contributed by atoms with Crippen LogP contribution in [0.5, 0.6) is 16.7 Å². The molecule has 1 N–H and O–H groups in total. The largest absolute Gasteiger partial charge is 0.492 e. The van der Waals surface area contributed by atoms with Gasteiger partial charge in [-0.25, -0.2) is 4.98 Å². The van der Waals surface area contributed by atoms with Gasteiger partial charge in [0.05, 0.1) is 10.2 Å². The van der Waals surface area contributed by atoms with Crippen LogP contribution in [0.4, 0.5) is 0 Å². The fourth-order valence-electron chi connectivity index (χ4n) is 5.05. The number of ether oxygens (including phenoxy) is 2. The summed E-state index contributed by atoms with van der Waals surface area (Å²) in [4.78, 5) is 18.5. The summed E-state index contributed by atoms with van der Waals surface area (Å²) in [6.07, 6.45) is 4.38. The molecule has 1 amide bonds. The number of carbonyl (C=O) groups is 1. The van der Waals surface area contributed by atoms with Gasteiger partial charge in [0.1, 0.15) is 18.1 Å². The number of nitrogens with one attached hydrogen (secondary N) is 1. The average Bonchev–Trinajstić information content (AvgIpc) is 3.29. The minimum atomic E-state index is 0.227. The number of aryl methyl sites for hydroxylation is 1. The Labute approximate surface area is 192 Å². The molecule has 2 aliphatic rings. The molecule has 0 radical (unpaired) electrons. The number of hydrogen-bond acceptors (Lipinski definition) is 6. The van der Waals surface area contributed by atoms with Crippen molar-refractivity contribution in [2.24, 2.45) is 0 Å². The first-order chi connectivity index (χ1) is 15.5. The Morgan fingerprint density at radius 3 is 2.56 bits per heavy atom. The van der Waals surface area contributed by atoms with Gasteiger partial charge in [-0.1, -0.05) is 17.4 Å². The van der Waals surface area contributed by atoms with Crippen LogP contribution < -0.4 is 14.8 Å². The van der Waals surface area contributed by atoms with E-state index in [1.807, 2.05) is 30.3 Å². The van der Waals surface area contributed by atoms with Crippen molar-refractivity contribution in [2.75, 3.05) is 13.2 Å². The van der Waals surface area contributed by atoms with Gasteiger partial charge in [0.15, 0.2) is 0 Å². The lowest BCUT2D eigenvalue weighted by Gasteiger charge is -2.38. The lowest BCUT2D eigenvalue weighted by molar-refractivity contribution is -0.133. The average molecular weight is 452 g/mol. The Morgan fingerprint density at radius 1 is 1.12 bits per heavy atom. The smallest absolute Gasteiger partial charge is 0.279 e. The first-order valence-electron chi connectivity index (χ1n) is 11.4. The van der Waals surface area contributed by atoms with Gasteiger partial charge in [-0.05, 0) is 74.6 Å². The zero-order chi connectivity index (χ0) is 22.1. The quantitative estimate of drug-likeness (QED) is 0.517. The maximum Gasteiger partial charge on any atom is 0.279 e. The maximum absolute atomic E-state index is 11.8. The molecule has 168 valence electrons. The Kier molecular flexibility index (Phi) is 6.02. The summed E-state index contributed by atoms with van der Waals surface area (Å²) >= 11 is 1.55. The maximum atomic E-state index is 11.8. The molecule has 3 heterocycles. The van der Waals surface area contributed by atoms with Crippen LogP contribution >= 0.6 is 11.3 Å². The third kappa shape index (κ3) is 4.59. The molecular weight excluding hydrogens is 422 g/mol. The minimum Gasteiger partial charge on any atom is -0.492 e. The van der Waals surface area contributed by atoms with Crippen LogP contribution in [0.2, 0.25) is 0 Å². The topological polar surface area (TPSA) is 63.7 Å². The number of hydrogen-bond donors (Lipinski definition) is 1. The Bertz CT molecular complexity index is 1080. The number of rotatable bonds is 7. The van der Waals surface area contributed by atoms with Gasteiger partial charge in [-0.15, -0.1) is 0 Å². The van der Waals surface area contributed by atoms with Crippen molar-refractivity contribution in [3.8, 4) is 16.7 Å². The van der Waals surface area contributed by atoms with E-state index >= 15 is 0 Å². The van der Waals surface area contributed by atoms with E-state index in [2.05, 4.69) is 34.3 Å². The van der Waals surface area contributed by atoms with Crippen LogP contribution in [0, 0.1) is 6.92 Å². The summed E-state index contributed by atoms with van der Waals surface area (Å²) in [6, 6.07) is 15.2. The van der Waals surface area contributed by atoms with Crippen molar-refractivity contribution in [3.05, 3.63) is 48.0 Å². The molecule has 0 saturated carbocycles. The van der Waals surface area contributed by atoms with E-state index in [0.29, 0.717) is 29.9 Å². The van der Waals surface area contributed by atoms with Crippen LogP contribution in [0.1, 0.15) is 38.2 Å². The Balaban J connectivity index is 1.07. The van der Waals surface area contributed by atoms with Crippen molar-refractivity contribution in [1.82, 2.24) is 15.2 Å². The SMILES string of the molecule is CC(=O)N1[C@@H]2CC[C@@H]1CC(NCCOc1ccc(Oc3nc4ccc(C)cc4s3)cc1)C2. The van der Waals surface area contributed by atoms with Gasteiger partial charge in [-0.2, -0.15) is 0 Å². The minimum absolute atomic E-state index is 0.227. The molecular formula is C25H29N3O3S. The molecule has 2 atom stereocenters. The van der Waals surface area contributed by atoms with Crippen molar-refractivity contribution in [1.29, 1.82) is 0 Å². The van der Waals surface area contributed by atoms with E-state index in [1.54, 1.807) is 18.3 Å². The van der Waals surface area contributed by atoms with Crippen LogP contribution in [-0.2, 0) is 4.79 Å². The highest BCUT2D eigenvalue weighted by Crippen LogP contribution is 2.36. The van der Waals surface area contributed by atoms with Crippen molar-refractivity contribution < 1.29 is 14.3 Å². The van der Waals surface area contributed by atoms with Gasteiger partial charge in [0.2, 0.25) is 5.91 Å². The monoisotopic (exact) mass is 451 g/mol. The van der Waals surface area contributed by atoms with Gasteiger partial charge in [-0.3, -0.25) is 4.79 Å². The molecule has 1 aromatic heterocycles. The number of aromatic nitrogens is 1. The molecule has 5 rings (SSSR count). The lowest BCUT2D eigenvalue weighted by atomic mass is 9.97. The zero-order valence-corrected chi connectivity index (χ0v) is 19.4. The van der Waals surface area contributed by atoms with Crippen LogP contribution in [-0.4, -0.2) is 47.1 Å². The highest BCUT2D eigenvalue weighted by atomic mass is 32.1. The van der Waals surface area contributed by atoms with E-state index in [4.69, 9.17) is 9.47 Å². The summed E-state index contributed by atoms with van der Waals surface area (Å²) in [7, 11) is 0.